The lowest BCUT2D eigenvalue weighted by Crippen LogP contribution is -2.27. The standard InChI is InChI=1S/C15H16ClN3O4S2/c16-15-8-3-12(11-17-15)18-24(20,21)13-4-6-14(7-5-13)25(22,23)19-9-1-2-10-19/h3-8,11,18H,1-2,9-10H2. The molecule has 1 aliphatic rings. The van der Waals surface area contributed by atoms with Crippen LogP contribution >= 0.6 is 11.6 Å². The molecule has 1 saturated heterocycles. The fraction of sp³-hybridized carbons (Fsp3) is 0.267. The van der Waals surface area contributed by atoms with Crippen molar-refractivity contribution in [1.82, 2.24) is 9.29 Å². The van der Waals surface area contributed by atoms with Crippen molar-refractivity contribution in [3.63, 3.8) is 0 Å². The van der Waals surface area contributed by atoms with Crippen molar-refractivity contribution in [2.45, 2.75) is 22.6 Å². The van der Waals surface area contributed by atoms with Gasteiger partial charge in [-0.1, -0.05) is 11.6 Å². The van der Waals surface area contributed by atoms with Crippen LogP contribution in [-0.4, -0.2) is 39.2 Å². The normalized spacial score (nSPS) is 16.0. The molecule has 0 amide bonds. The Morgan fingerprint density at radius 3 is 2.08 bits per heavy atom. The van der Waals surface area contributed by atoms with E-state index >= 15 is 0 Å². The van der Waals surface area contributed by atoms with Crippen LogP contribution in [0.25, 0.3) is 0 Å². The van der Waals surface area contributed by atoms with Crippen molar-refractivity contribution >= 4 is 37.3 Å². The molecule has 0 atom stereocenters. The Balaban J connectivity index is 1.82. The summed E-state index contributed by atoms with van der Waals surface area (Å²) in [6, 6.07) is 8.11. The van der Waals surface area contributed by atoms with Gasteiger partial charge in [-0.15, -0.1) is 0 Å². The van der Waals surface area contributed by atoms with Crippen LogP contribution in [-0.2, 0) is 20.0 Å². The van der Waals surface area contributed by atoms with E-state index in [1.807, 2.05) is 0 Å². The van der Waals surface area contributed by atoms with Gasteiger partial charge in [0.2, 0.25) is 10.0 Å². The highest BCUT2D eigenvalue weighted by molar-refractivity contribution is 7.92. The average Bonchev–Trinajstić information content (AvgIpc) is 3.12. The third kappa shape index (κ3) is 3.95. The first-order chi connectivity index (χ1) is 11.8. The fourth-order valence-electron chi connectivity index (χ4n) is 2.52. The summed E-state index contributed by atoms with van der Waals surface area (Å²) in [7, 11) is -7.42. The molecule has 1 fully saturated rings. The highest BCUT2D eigenvalue weighted by Gasteiger charge is 2.27. The number of rotatable bonds is 5. The molecule has 0 aliphatic carbocycles. The highest BCUT2D eigenvalue weighted by atomic mass is 35.5. The molecule has 1 aromatic carbocycles. The van der Waals surface area contributed by atoms with Crippen LogP contribution in [0.5, 0.6) is 0 Å². The van der Waals surface area contributed by atoms with E-state index in [-0.39, 0.29) is 20.6 Å². The molecule has 1 N–H and O–H groups in total. The molecule has 0 bridgehead atoms. The first-order valence-corrected chi connectivity index (χ1v) is 10.8. The number of halogens is 1. The van der Waals surface area contributed by atoms with Gasteiger partial charge in [0.25, 0.3) is 10.0 Å². The second kappa shape index (κ2) is 6.91. The third-order valence-electron chi connectivity index (χ3n) is 3.82. The molecular weight excluding hydrogens is 386 g/mol. The summed E-state index contributed by atoms with van der Waals surface area (Å²) >= 11 is 5.66. The topological polar surface area (TPSA) is 96.4 Å². The smallest absolute Gasteiger partial charge is 0.261 e. The van der Waals surface area contributed by atoms with Crippen molar-refractivity contribution in [3.8, 4) is 0 Å². The van der Waals surface area contributed by atoms with Gasteiger partial charge in [-0.05, 0) is 49.2 Å². The van der Waals surface area contributed by atoms with Gasteiger partial charge in [0, 0.05) is 13.1 Å². The Labute approximate surface area is 151 Å². The number of aromatic nitrogens is 1. The number of anilines is 1. The number of sulfonamides is 2. The SMILES string of the molecule is O=S(=O)(Nc1ccc(Cl)nc1)c1ccc(S(=O)(=O)N2CCCC2)cc1. The van der Waals surface area contributed by atoms with Gasteiger partial charge in [-0.3, -0.25) is 4.72 Å². The lowest BCUT2D eigenvalue weighted by atomic mass is 10.4. The predicted molar refractivity (Wildman–Crippen MR) is 94.5 cm³/mol. The Hall–Kier alpha value is -1.68. The Bertz CT molecular complexity index is 953. The molecule has 0 saturated carbocycles. The molecular formula is C15H16ClN3O4S2. The molecule has 10 heteroatoms. The summed E-state index contributed by atoms with van der Waals surface area (Å²) in [5.74, 6) is 0. The van der Waals surface area contributed by atoms with E-state index in [2.05, 4.69) is 9.71 Å². The Morgan fingerprint density at radius 2 is 1.52 bits per heavy atom. The summed E-state index contributed by atoms with van der Waals surface area (Å²) < 4.78 is 53.4. The molecule has 25 heavy (non-hydrogen) atoms. The van der Waals surface area contributed by atoms with Crippen LogP contribution in [0.2, 0.25) is 5.15 Å². The number of nitrogens with one attached hydrogen (secondary N) is 1. The van der Waals surface area contributed by atoms with E-state index in [4.69, 9.17) is 11.6 Å². The maximum atomic E-state index is 12.5. The summed E-state index contributed by atoms with van der Waals surface area (Å²) in [4.78, 5) is 3.85. The molecule has 134 valence electrons. The van der Waals surface area contributed by atoms with Gasteiger partial charge >= 0.3 is 0 Å². The number of hydrogen-bond donors (Lipinski definition) is 1. The van der Waals surface area contributed by atoms with Gasteiger partial charge in [0.15, 0.2) is 0 Å². The molecule has 0 spiro atoms. The second-order valence-corrected chi connectivity index (χ2v) is 9.57. The van der Waals surface area contributed by atoms with Crippen LogP contribution in [0.3, 0.4) is 0 Å². The van der Waals surface area contributed by atoms with Crippen LogP contribution in [0, 0.1) is 0 Å². The molecule has 1 aromatic heterocycles. The summed E-state index contributed by atoms with van der Waals surface area (Å²) in [5, 5.41) is 0.249. The lowest BCUT2D eigenvalue weighted by Gasteiger charge is -2.15. The monoisotopic (exact) mass is 401 g/mol. The average molecular weight is 402 g/mol. The summed E-state index contributed by atoms with van der Waals surface area (Å²) in [5.41, 5.74) is 0.262. The van der Waals surface area contributed by atoms with E-state index in [1.54, 1.807) is 0 Å². The van der Waals surface area contributed by atoms with Crippen LogP contribution in [0.1, 0.15) is 12.8 Å². The van der Waals surface area contributed by atoms with E-state index in [9.17, 15) is 16.8 Å². The van der Waals surface area contributed by atoms with Crippen LogP contribution in [0.15, 0.2) is 52.4 Å². The molecule has 2 aromatic rings. The largest absolute Gasteiger partial charge is 0.278 e. The quantitative estimate of drug-likeness (QED) is 0.775. The Kier molecular flexibility index (Phi) is 5.01. The van der Waals surface area contributed by atoms with Gasteiger partial charge in [-0.25, -0.2) is 21.8 Å². The minimum atomic E-state index is -3.85. The van der Waals surface area contributed by atoms with Crippen molar-refractivity contribution in [1.29, 1.82) is 0 Å². The van der Waals surface area contributed by atoms with Gasteiger partial charge in [-0.2, -0.15) is 4.31 Å². The molecule has 2 heterocycles. The number of benzene rings is 1. The van der Waals surface area contributed by atoms with Crippen LogP contribution in [0.4, 0.5) is 5.69 Å². The van der Waals surface area contributed by atoms with E-state index < -0.39 is 20.0 Å². The molecule has 0 unspecified atom stereocenters. The molecule has 0 radical (unpaired) electrons. The van der Waals surface area contributed by atoms with Gasteiger partial charge < -0.3 is 0 Å². The zero-order valence-corrected chi connectivity index (χ0v) is 15.5. The summed E-state index contributed by atoms with van der Waals surface area (Å²) in [6.45, 7) is 0.987. The maximum absolute atomic E-state index is 12.5. The fourth-order valence-corrected chi connectivity index (χ4v) is 5.19. The number of pyridine rings is 1. The number of nitrogens with zero attached hydrogens (tertiary/aromatic N) is 2. The minimum absolute atomic E-state index is 0.0391. The van der Waals surface area contributed by atoms with Crippen molar-refractivity contribution < 1.29 is 16.8 Å². The molecule has 1 aliphatic heterocycles. The number of hydrogen-bond acceptors (Lipinski definition) is 5. The Morgan fingerprint density at radius 1 is 0.920 bits per heavy atom. The molecule has 7 nitrogen and oxygen atoms in total. The van der Waals surface area contributed by atoms with E-state index in [0.29, 0.717) is 13.1 Å². The highest BCUT2D eigenvalue weighted by Crippen LogP contribution is 2.23. The van der Waals surface area contributed by atoms with E-state index in [0.717, 1.165) is 12.8 Å². The predicted octanol–water partition coefficient (Wildman–Crippen LogP) is 2.32. The first kappa shape index (κ1) is 18.1. The van der Waals surface area contributed by atoms with Crippen molar-refractivity contribution in [3.05, 3.63) is 47.7 Å². The zero-order valence-electron chi connectivity index (χ0n) is 13.1. The van der Waals surface area contributed by atoms with E-state index in [1.165, 1.54) is 46.9 Å². The van der Waals surface area contributed by atoms with Crippen LogP contribution < -0.4 is 4.72 Å². The maximum Gasteiger partial charge on any atom is 0.261 e. The van der Waals surface area contributed by atoms with Gasteiger partial charge in [0.05, 0.1) is 21.7 Å². The molecule has 3 rings (SSSR count). The lowest BCUT2D eigenvalue weighted by molar-refractivity contribution is 0.477. The summed E-state index contributed by atoms with van der Waals surface area (Å²) in [6.07, 6.45) is 2.97. The minimum Gasteiger partial charge on any atom is -0.278 e. The van der Waals surface area contributed by atoms with Crippen molar-refractivity contribution in [2.24, 2.45) is 0 Å². The zero-order chi connectivity index (χ0) is 18.1. The van der Waals surface area contributed by atoms with Crippen molar-refractivity contribution in [2.75, 3.05) is 17.8 Å². The third-order valence-corrected chi connectivity index (χ3v) is 7.35. The second-order valence-electron chi connectivity index (χ2n) is 5.56. The van der Waals surface area contributed by atoms with Gasteiger partial charge in [0.1, 0.15) is 5.15 Å². The first-order valence-electron chi connectivity index (χ1n) is 7.54.